The molecule has 1 unspecified atom stereocenters. The van der Waals surface area contributed by atoms with Gasteiger partial charge in [-0.25, -0.2) is 4.98 Å². The van der Waals surface area contributed by atoms with E-state index in [0.29, 0.717) is 11.6 Å². The maximum atomic E-state index is 9.54. The number of imidazole rings is 1. The predicted molar refractivity (Wildman–Crippen MR) is 80.3 cm³/mol. The fraction of sp³-hybridized carbons (Fsp3) is 0.533. The lowest BCUT2D eigenvalue weighted by Gasteiger charge is -2.15. The summed E-state index contributed by atoms with van der Waals surface area (Å²) in [6.45, 7) is 6.53. The number of aliphatic hydroxyl groups is 1. The Kier molecular flexibility index (Phi) is 3.63. The molecule has 5 heteroatoms. The van der Waals surface area contributed by atoms with Crippen LogP contribution in [0.3, 0.4) is 0 Å². The van der Waals surface area contributed by atoms with Gasteiger partial charge in [-0.05, 0) is 43.6 Å². The Morgan fingerprint density at radius 2 is 2.30 bits per heavy atom. The topological polar surface area (TPSA) is 67.3 Å². The number of hydrogen-bond donors (Lipinski definition) is 2. The molecule has 1 aliphatic rings. The third kappa shape index (κ3) is 2.39. The molecule has 0 spiro atoms. The highest BCUT2D eigenvalue weighted by atomic mass is 16.3. The molecule has 1 saturated heterocycles. The van der Waals surface area contributed by atoms with E-state index in [4.69, 9.17) is 5.73 Å². The molecule has 1 aromatic heterocycles. The van der Waals surface area contributed by atoms with Crippen molar-refractivity contribution in [2.24, 2.45) is 5.92 Å². The monoisotopic (exact) mass is 274 g/mol. The van der Waals surface area contributed by atoms with E-state index in [1.165, 1.54) is 13.0 Å². The molecule has 108 valence electrons. The minimum absolute atomic E-state index is 0.0290. The van der Waals surface area contributed by atoms with Gasteiger partial charge in [-0.15, -0.1) is 0 Å². The Hall–Kier alpha value is -1.59. The van der Waals surface area contributed by atoms with Gasteiger partial charge in [-0.3, -0.25) is 0 Å². The van der Waals surface area contributed by atoms with Crippen LogP contribution < -0.4 is 5.73 Å². The van der Waals surface area contributed by atoms with E-state index < -0.39 is 0 Å². The van der Waals surface area contributed by atoms with E-state index in [0.717, 1.165) is 36.5 Å². The smallest absolute Gasteiger partial charge is 0.135 e. The lowest BCUT2D eigenvalue weighted by molar-refractivity contribution is 0.261. The van der Waals surface area contributed by atoms with Gasteiger partial charge in [0.25, 0.3) is 0 Å². The Bertz CT molecular complexity index is 607. The number of nitrogen functional groups attached to an aromatic ring is 1. The number of benzene rings is 1. The number of nitrogens with two attached hydrogens (primary N) is 1. The van der Waals surface area contributed by atoms with Crippen LogP contribution in [-0.4, -0.2) is 39.2 Å². The summed E-state index contributed by atoms with van der Waals surface area (Å²) in [6, 6.07) is 5.77. The third-order valence-corrected chi connectivity index (χ3v) is 4.25. The Morgan fingerprint density at radius 1 is 1.45 bits per heavy atom. The highest BCUT2D eigenvalue weighted by Gasteiger charge is 2.23. The van der Waals surface area contributed by atoms with Gasteiger partial charge < -0.3 is 20.3 Å². The molecule has 2 aromatic rings. The van der Waals surface area contributed by atoms with E-state index in [1.54, 1.807) is 0 Å². The van der Waals surface area contributed by atoms with Crippen molar-refractivity contribution in [3.05, 3.63) is 24.0 Å². The zero-order chi connectivity index (χ0) is 14.1. The van der Waals surface area contributed by atoms with Crippen molar-refractivity contribution in [2.75, 3.05) is 25.4 Å². The van der Waals surface area contributed by atoms with Crippen molar-refractivity contribution >= 4 is 16.7 Å². The summed E-state index contributed by atoms with van der Waals surface area (Å²) in [4.78, 5) is 6.97. The van der Waals surface area contributed by atoms with Gasteiger partial charge in [-0.1, -0.05) is 6.92 Å². The van der Waals surface area contributed by atoms with E-state index in [-0.39, 0.29) is 6.61 Å². The normalized spacial score (nSPS) is 20.0. The number of nitrogens with zero attached hydrogens (tertiary/aromatic N) is 3. The molecule has 20 heavy (non-hydrogen) atoms. The number of aliphatic hydroxyl groups excluding tert-OH is 1. The molecule has 1 aromatic carbocycles. The van der Waals surface area contributed by atoms with Crippen LogP contribution in [-0.2, 0) is 13.2 Å². The average molecular weight is 274 g/mol. The fourth-order valence-electron chi connectivity index (χ4n) is 3.13. The first-order valence-electron chi connectivity index (χ1n) is 7.29. The molecule has 1 atom stereocenters. The number of fused-ring (bicyclic) bond motifs is 1. The molecule has 0 bridgehead atoms. The highest BCUT2D eigenvalue weighted by molar-refractivity contribution is 5.79. The molecule has 3 rings (SSSR count). The number of aromatic nitrogens is 2. The van der Waals surface area contributed by atoms with Gasteiger partial charge in [0.15, 0.2) is 0 Å². The lowest BCUT2D eigenvalue weighted by Crippen LogP contribution is -2.21. The molecular formula is C15H22N4O. The van der Waals surface area contributed by atoms with Gasteiger partial charge in [0.2, 0.25) is 0 Å². The van der Waals surface area contributed by atoms with Crippen LogP contribution >= 0.6 is 0 Å². The van der Waals surface area contributed by atoms with E-state index in [9.17, 15) is 5.11 Å². The summed E-state index contributed by atoms with van der Waals surface area (Å²) in [5.41, 5.74) is 8.46. The Balaban J connectivity index is 1.90. The lowest BCUT2D eigenvalue weighted by atomic mass is 10.1. The van der Waals surface area contributed by atoms with Gasteiger partial charge >= 0.3 is 0 Å². The second kappa shape index (κ2) is 5.42. The van der Waals surface area contributed by atoms with Crippen molar-refractivity contribution in [3.63, 3.8) is 0 Å². The first-order chi connectivity index (χ1) is 9.71. The fourth-order valence-corrected chi connectivity index (χ4v) is 3.13. The minimum atomic E-state index is -0.0290. The van der Waals surface area contributed by atoms with Crippen molar-refractivity contribution < 1.29 is 5.11 Å². The average Bonchev–Trinajstić information content (AvgIpc) is 3.03. The largest absolute Gasteiger partial charge is 0.399 e. The molecule has 5 nitrogen and oxygen atoms in total. The number of anilines is 1. The minimum Gasteiger partial charge on any atom is -0.399 e. The highest BCUT2D eigenvalue weighted by Crippen LogP contribution is 2.24. The molecule has 2 heterocycles. The van der Waals surface area contributed by atoms with Crippen LogP contribution in [0.2, 0.25) is 0 Å². The van der Waals surface area contributed by atoms with E-state index in [1.807, 2.05) is 18.2 Å². The SMILES string of the molecule is CCN1CCC(Cn2c(CO)nc3cc(N)ccc32)C1. The van der Waals surface area contributed by atoms with Crippen molar-refractivity contribution in [1.29, 1.82) is 0 Å². The molecule has 0 radical (unpaired) electrons. The van der Waals surface area contributed by atoms with Crippen LogP contribution in [0.5, 0.6) is 0 Å². The van der Waals surface area contributed by atoms with Gasteiger partial charge in [0.05, 0.1) is 11.0 Å². The van der Waals surface area contributed by atoms with Gasteiger partial charge in [0.1, 0.15) is 12.4 Å². The van der Waals surface area contributed by atoms with Crippen molar-refractivity contribution in [1.82, 2.24) is 14.5 Å². The van der Waals surface area contributed by atoms with Gasteiger partial charge in [0, 0.05) is 18.8 Å². The zero-order valence-corrected chi connectivity index (χ0v) is 11.9. The molecular weight excluding hydrogens is 252 g/mol. The predicted octanol–water partition coefficient (Wildman–Crippen LogP) is 1.45. The molecule has 1 fully saturated rings. The van der Waals surface area contributed by atoms with Crippen LogP contribution in [0.1, 0.15) is 19.2 Å². The first-order valence-corrected chi connectivity index (χ1v) is 7.29. The summed E-state index contributed by atoms with van der Waals surface area (Å²) < 4.78 is 2.15. The van der Waals surface area contributed by atoms with Crippen molar-refractivity contribution in [3.8, 4) is 0 Å². The summed E-state index contributed by atoms with van der Waals surface area (Å²) in [7, 11) is 0. The number of rotatable bonds is 4. The quantitative estimate of drug-likeness (QED) is 0.828. The zero-order valence-electron chi connectivity index (χ0n) is 11.9. The first kappa shape index (κ1) is 13.4. The Morgan fingerprint density at radius 3 is 3.00 bits per heavy atom. The maximum Gasteiger partial charge on any atom is 0.135 e. The maximum absolute atomic E-state index is 9.54. The summed E-state index contributed by atoms with van der Waals surface area (Å²) in [6.07, 6.45) is 1.22. The van der Waals surface area contributed by atoms with Gasteiger partial charge in [-0.2, -0.15) is 0 Å². The van der Waals surface area contributed by atoms with E-state index >= 15 is 0 Å². The second-order valence-electron chi connectivity index (χ2n) is 5.59. The van der Waals surface area contributed by atoms with Crippen LogP contribution in [0.15, 0.2) is 18.2 Å². The summed E-state index contributed by atoms with van der Waals surface area (Å²) in [5.74, 6) is 1.37. The molecule has 0 amide bonds. The number of likely N-dealkylation sites (tertiary alicyclic amines) is 1. The summed E-state index contributed by atoms with van der Waals surface area (Å²) >= 11 is 0. The Labute approximate surface area is 119 Å². The molecule has 0 aliphatic carbocycles. The third-order valence-electron chi connectivity index (χ3n) is 4.25. The molecule has 0 saturated carbocycles. The van der Waals surface area contributed by atoms with Crippen LogP contribution in [0.4, 0.5) is 5.69 Å². The summed E-state index contributed by atoms with van der Waals surface area (Å²) in [5, 5.41) is 9.54. The second-order valence-corrected chi connectivity index (χ2v) is 5.59. The van der Waals surface area contributed by atoms with Crippen LogP contribution in [0.25, 0.3) is 11.0 Å². The van der Waals surface area contributed by atoms with Crippen molar-refractivity contribution in [2.45, 2.75) is 26.5 Å². The number of hydrogen-bond acceptors (Lipinski definition) is 4. The van der Waals surface area contributed by atoms with E-state index in [2.05, 4.69) is 21.4 Å². The van der Waals surface area contributed by atoms with Crippen LogP contribution in [0, 0.1) is 5.92 Å². The molecule has 3 N–H and O–H groups in total. The standard InChI is InChI=1S/C15H22N4O/c1-2-18-6-5-11(8-18)9-19-14-4-3-12(16)7-13(14)17-15(19)10-20/h3-4,7,11,20H,2,5-6,8-10,16H2,1H3. The molecule has 1 aliphatic heterocycles.